The third kappa shape index (κ3) is 13.4. The molecule has 1 aromatic heterocycles. The number of halogens is 4. The summed E-state index contributed by atoms with van der Waals surface area (Å²) < 4.78 is 54.7. The summed E-state index contributed by atoms with van der Waals surface area (Å²) in [6.45, 7) is 0.822. The zero-order valence-corrected chi connectivity index (χ0v) is 31.6. The van der Waals surface area contributed by atoms with E-state index >= 15 is 0 Å². The molecular formula is C42H47Cl2F2NO6. The number of carbonyl (C=O) groups excluding carboxylic acids is 1. The minimum absolute atomic E-state index is 0.101. The number of rotatable bonds is 23. The molecule has 1 saturated carbocycles. The molecule has 1 aliphatic rings. The molecule has 0 spiro atoms. The fourth-order valence-electron chi connectivity index (χ4n) is 5.74. The molecule has 11 heteroatoms. The minimum atomic E-state index is -3.03. The Bertz CT molecular complexity index is 1700. The zero-order chi connectivity index (χ0) is 37.4. The van der Waals surface area contributed by atoms with Crippen LogP contribution in [0.2, 0.25) is 10.0 Å². The van der Waals surface area contributed by atoms with Crippen LogP contribution in [-0.4, -0.2) is 37.4 Å². The van der Waals surface area contributed by atoms with Crippen LogP contribution in [-0.2, 0) is 17.6 Å². The number of aromatic nitrogens is 1. The number of alkyl halides is 2. The lowest BCUT2D eigenvalue weighted by Gasteiger charge is -2.21. The first-order valence-electron chi connectivity index (χ1n) is 18.4. The second kappa shape index (κ2) is 21.0. The van der Waals surface area contributed by atoms with E-state index in [0.29, 0.717) is 51.6 Å². The quantitative estimate of drug-likeness (QED) is 0.0549. The fourth-order valence-corrected chi connectivity index (χ4v) is 6.26. The normalized spacial score (nSPS) is 13.1. The number of benzene rings is 3. The van der Waals surface area contributed by atoms with Gasteiger partial charge in [0.15, 0.2) is 11.5 Å². The topological polar surface area (TPSA) is 76.1 Å². The highest BCUT2D eigenvalue weighted by molar-refractivity contribution is 6.35. The zero-order valence-electron chi connectivity index (χ0n) is 30.0. The first-order valence-corrected chi connectivity index (χ1v) is 19.2. The summed E-state index contributed by atoms with van der Waals surface area (Å²) in [5.41, 5.74) is 2.66. The molecule has 0 amide bonds. The fraction of sp³-hybridized carbons (Fsp3) is 0.429. The lowest BCUT2D eigenvalue weighted by molar-refractivity contribution is -0.0515. The molecule has 4 aromatic rings. The molecular weight excluding hydrogens is 723 g/mol. The molecule has 0 aliphatic heterocycles. The predicted octanol–water partition coefficient (Wildman–Crippen LogP) is 11.7. The lowest BCUT2D eigenvalue weighted by Crippen LogP contribution is -2.15. The Labute approximate surface area is 320 Å². The Hall–Kier alpha value is -4.08. The second-order valence-corrected chi connectivity index (χ2v) is 14.0. The number of hydrogen-bond acceptors (Lipinski definition) is 7. The number of hydrogen-bond donors (Lipinski definition) is 0. The average molecular weight is 771 g/mol. The lowest BCUT2D eigenvalue weighted by atomic mass is 10.0. The monoisotopic (exact) mass is 769 g/mol. The van der Waals surface area contributed by atoms with Gasteiger partial charge in [-0.3, -0.25) is 4.98 Å². The summed E-state index contributed by atoms with van der Waals surface area (Å²) in [7, 11) is 0. The molecule has 0 radical (unpaired) electrons. The van der Waals surface area contributed by atoms with Gasteiger partial charge in [-0.15, -0.1) is 0 Å². The van der Waals surface area contributed by atoms with E-state index in [2.05, 4.69) is 24.0 Å². The third-order valence-corrected chi connectivity index (χ3v) is 9.72. The van der Waals surface area contributed by atoms with Gasteiger partial charge in [0.25, 0.3) is 0 Å². The smallest absolute Gasteiger partial charge is 0.387 e. The number of carbonyl (C=O) groups is 1. The van der Waals surface area contributed by atoms with E-state index in [1.165, 1.54) is 36.9 Å². The highest BCUT2D eigenvalue weighted by Gasteiger charge is 2.26. The van der Waals surface area contributed by atoms with Gasteiger partial charge in [0.05, 0.1) is 35.4 Å². The molecule has 0 N–H and O–H groups in total. The van der Waals surface area contributed by atoms with E-state index in [0.717, 1.165) is 63.7 Å². The van der Waals surface area contributed by atoms with E-state index in [1.807, 2.05) is 12.1 Å². The van der Waals surface area contributed by atoms with Crippen molar-refractivity contribution in [1.82, 2.24) is 4.98 Å². The SMILES string of the molecule is CCc1ccc(OCCCCCCCCCOc2ccc(C(=O)OC(Cc3c(Cl)cncc3Cl)c3ccc(OC(F)F)c(OCC4CC4)c3)cc2)cc1. The molecule has 284 valence electrons. The summed E-state index contributed by atoms with van der Waals surface area (Å²) in [4.78, 5) is 17.5. The van der Waals surface area contributed by atoms with Crippen molar-refractivity contribution < 1.29 is 37.3 Å². The first-order chi connectivity index (χ1) is 25.8. The van der Waals surface area contributed by atoms with Crippen LogP contribution in [0.1, 0.15) is 97.9 Å². The minimum Gasteiger partial charge on any atom is -0.494 e. The van der Waals surface area contributed by atoms with Crippen LogP contribution in [0.15, 0.2) is 79.1 Å². The van der Waals surface area contributed by atoms with Crippen LogP contribution in [0.4, 0.5) is 8.78 Å². The van der Waals surface area contributed by atoms with Crippen LogP contribution >= 0.6 is 23.2 Å². The molecule has 3 aromatic carbocycles. The van der Waals surface area contributed by atoms with Crippen molar-refractivity contribution in [1.29, 1.82) is 0 Å². The van der Waals surface area contributed by atoms with Crippen LogP contribution in [0.3, 0.4) is 0 Å². The Kier molecular flexibility index (Phi) is 15.9. The Balaban J connectivity index is 1.08. The summed E-state index contributed by atoms with van der Waals surface area (Å²) in [5, 5.41) is 0.607. The number of esters is 1. The van der Waals surface area contributed by atoms with Crippen molar-refractivity contribution >= 4 is 29.2 Å². The molecule has 1 aliphatic carbocycles. The van der Waals surface area contributed by atoms with Crippen LogP contribution < -0.4 is 18.9 Å². The predicted molar refractivity (Wildman–Crippen MR) is 203 cm³/mol. The van der Waals surface area contributed by atoms with Gasteiger partial charge < -0.3 is 23.7 Å². The molecule has 7 nitrogen and oxygen atoms in total. The summed E-state index contributed by atoms with van der Waals surface area (Å²) >= 11 is 12.9. The van der Waals surface area contributed by atoms with E-state index in [9.17, 15) is 13.6 Å². The van der Waals surface area contributed by atoms with Crippen molar-refractivity contribution in [3.8, 4) is 23.0 Å². The van der Waals surface area contributed by atoms with Gasteiger partial charge in [-0.2, -0.15) is 8.78 Å². The maximum atomic E-state index is 13.4. The van der Waals surface area contributed by atoms with Crippen LogP contribution in [0.5, 0.6) is 23.0 Å². The summed E-state index contributed by atoms with van der Waals surface area (Å²) in [5.74, 6) is 1.41. The molecule has 1 heterocycles. The summed E-state index contributed by atoms with van der Waals surface area (Å²) in [6, 6.07) is 19.6. The highest BCUT2D eigenvalue weighted by atomic mass is 35.5. The molecule has 0 bridgehead atoms. The van der Waals surface area contributed by atoms with Gasteiger partial charge in [-0.05, 0) is 103 Å². The maximum Gasteiger partial charge on any atom is 0.387 e. The van der Waals surface area contributed by atoms with Gasteiger partial charge >= 0.3 is 12.6 Å². The first kappa shape index (κ1) is 40.1. The van der Waals surface area contributed by atoms with Crippen molar-refractivity contribution in [2.75, 3.05) is 19.8 Å². The van der Waals surface area contributed by atoms with E-state index in [-0.39, 0.29) is 17.9 Å². The van der Waals surface area contributed by atoms with Gasteiger partial charge in [0, 0.05) is 18.8 Å². The van der Waals surface area contributed by atoms with E-state index in [1.54, 1.807) is 36.4 Å². The van der Waals surface area contributed by atoms with Gasteiger partial charge in [-0.1, -0.05) is 80.4 Å². The Morgan fingerprint density at radius 1 is 0.774 bits per heavy atom. The number of nitrogens with zero attached hydrogens (tertiary/aromatic N) is 1. The van der Waals surface area contributed by atoms with Crippen molar-refractivity contribution in [2.24, 2.45) is 5.92 Å². The summed E-state index contributed by atoms with van der Waals surface area (Å²) in [6.07, 6.45) is 12.9. The highest BCUT2D eigenvalue weighted by Crippen LogP contribution is 2.38. The molecule has 5 rings (SSSR count). The second-order valence-electron chi connectivity index (χ2n) is 13.2. The van der Waals surface area contributed by atoms with Gasteiger partial charge in [0.2, 0.25) is 0 Å². The molecule has 1 fully saturated rings. The number of aryl methyl sites for hydroxylation is 1. The van der Waals surface area contributed by atoms with Gasteiger partial charge in [0.1, 0.15) is 17.6 Å². The maximum absolute atomic E-state index is 13.4. The van der Waals surface area contributed by atoms with Crippen LogP contribution in [0.25, 0.3) is 0 Å². The van der Waals surface area contributed by atoms with Crippen molar-refractivity contribution in [2.45, 2.75) is 90.3 Å². The average Bonchev–Trinajstić information content (AvgIpc) is 3.99. The molecule has 53 heavy (non-hydrogen) atoms. The third-order valence-electron chi connectivity index (χ3n) is 9.07. The van der Waals surface area contributed by atoms with Crippen LogP contribution in [0, 0.1) is 5.92 Å². The Morgan fingerprint density at radius 3 is 1.92 bits per heavy atom. The largest absolute Gasteiger partial charge is 0.494 e. The molecule has 0 saturated heterocycles. The number of pyridine rings is 1. The van der Waals surface area contributed by atoms with Crippen molar-refractivity contribution in [3.63, 3.8) is 0 Å². The van der Waals surface area contributed by atoms with Crippen molar-refractivity contribution in [3.05, 3.63) is 111 Å². The standard InChI is InChI=1S/C42H47Cl2F2NO6/c1-2-29-12-17-33(18-13-29)49-22-8-6-4-3-5-7-9-23-50-34-19-14-31(15-20-34)41(48)52-39(25-35-36(43)26-47-27-37(35)44)32-16-21-38(53-42(45)46)40(24-32)51-28-30-10-11-30/h12-21,24,26-27,30,39,42H,2-11,22-23,25,28H2,1H3. The number of unbranched alkanes of at least 4 members (excludes halogenated alkanes) is 6. The molecule has 1 unspecified atom stereocenters. The Morgan fingerprint density at radius 2 is 1.36 bits per heavy atom. The van der Waals surface area contributed by atoms with E-state index < -0.39 is 18.7 Å². The molecule has 1 atom stereocenters. The van der Waals surface area contributed by atoms with Gasteiger partial charge in [-0.25, -0.2) is 4.79 Å². The van der Waals surface area contributed by atoms with E-state index in [4.69, 9.17) is 46.9 Å². The number of ether oxygens (including phenoxy) is 5.